The average molecular weight is 498 g/mol. The lowest BCUT2D eigenvalue weighted by atomic mass is 9.97. The highest BCUT2D eigenvalue weighted by Crippen LogP contribution is 2.34. The lowest BCUT2D eigenvalue weighted by molar-refractivity contribution is -0.160. The number of ether oxygens (including phenoxy) is 1. The summed E-state index contributed by atoms with van der Waals surface area (Å²) in [7, 11) is 0. The smallest absolute Gasteiger partial charge is 0.331 e. The zero-order valence-electron chi connectivity index (χ0n) is 20.7. The van der Waals surface area contributed by atoms with E-state index in [2.05, 4.69) is 10.6 Å². The van der Waals surface area contributed by atoms with Crippen LogP contribution in [0.5, 0.6) is 0 Å². The number of benzene rings is 2. The van der Waals surface area contributed by atoms with E-state index >= 15 is 0 Å². The molecular formula is C26H31N3O7. The van der Waals surface area contributed by atoms with Gasteiger partial charge in [-0.1, -0.05) is 24.3 Å². The van der Waals surface area contributed by atoms with E-state index in [1.165, 1.54) is 11.8 Å². The number of nitrogens with zero attached hydrogens (tertiary/aromatic N) is 1. The lowest BCUT2D eigenvalue weighted by Gasteiger charge is -2.28. The van der Waals surface area contributed by atoms with Crippen LogP contribution in [0.3, 0.4) is 0 Å². The van der Waals surface area contributed by atoms with Gasteiger partial charge in [0.2, 0.25) is 11.8 Å². The van der Waals surface area contributed by atoms with Crippen LogP contribution in [0, 0.1) is 0 Å². The van der Waals surface area contributed by atoms with E-state index in [4.69, 9.17) is 4.74 Å². The number of fused-ring (bicyclic) bond motifs is 1. The molecule has 2 aromatic carbocycles. The van der Waals surface area contributed by atoms with Crippen LogP contribution < -0.4 is 10.6 Å². The Balaban J connectivity index is 1.81. The summed E-state index contributed by atoms with van der Waals surface area (Å²) in [6.45, 7) is 5.06. The predicted molar refractivity (Wildman–Crippen MR) is 132 cm³/mol. The summed E-state index contributed by atoms with van der Waals surface area (Å²) in [6.07, 6.45) is 0. The molecule has 0 fully saturated rings. The van der Waals surface area contributed by atoms with Crippen LogP contribution in [-0.4, -0.2) is 69.7 Å². The molecule has 0 bridgehead atoms. The van der Waals surface area contributed by atoms with Gasteiger partial charge in [0.05, 0.1) is 13.2 Å². The van der Waals surface area contributed by atoms with Crippen molar-refractivity contribution in [3.05, 3.63) is 53.6 Å². The topological polar surface area (TPSA) is 145 Å². The number of hydrogen-bond acceptors (Lipinski definition) is 7. The van der Waals surface area contributed by atoms with Crippen LogP contribution in [0.1, 0.15) is 43.6 Å². The van der Waals surface area contributed by atoms with Gasteiger partial charge in [0.1, 0.15) is 11.6 Å². The average Bonchev–Trinajstić information content (AvgIpc) is 3.13. The summed E-state index contributed by atoms with van der Waals surface area (Å²) in [4.78, 5) is 51.0. The maximum absolute atomic E-state index is 13.2. The van der Waals surface area contributed by atoms with Gasteiger partial charge < -0.3 is 30.5 Å². The van der Waals surface area contributed by atoms with Crippen molar-refractivity contribution in [1.29, 1.82) is 0 Å². The first-order valence-electron chi connectivity index (χ1n) is 11.5. The second-order valence-corrected chi connectivity index (χ2v) is 9.50. The largest absolute Gasteiger partial charge is 0.458 e. The number of hydrogen-bond donors (Lipinski definition) is 4. The number of anilines is 1. The Morgan fingerprint density at radius 1 is 1.03 bits per heavy atom. The summed E-state index contributed by atoms with van der Waals surface area (Å²) < 4.78 is 5.22. The van der Waals surface area contributed by atoms with Crippen LogP contribution in [0.25, 0.3) is 11.1 Å². The minimum Gasteiger partial charge on any atom is -0.458 e. The SMILES string of the molecule is CC(=O)Nc1ccc(-c2cccc3c2CN([C@@H](CO)C(=O)N[C@@H](CO)C(=O)OC(C)(C)C)C3=O)cc1. The van der Waals surface area contributed by atoms with Gasteiger partial charge >= 0.3 is 5.97 Å². The first kappa shape index (κ1) is 26.8. The Labute approximate surface area is 209 Å². The van der Waals surface area contributed by atoms with Crippen LogP contribution in [0.4, 0.5) is 5.69 Å². The molecule has 2 atom stereocenters. The molecule has 0 aromatic heterocycles. The van der Waals surface area contributed by atoms with Crippen LogP contribution in [0.15, 0.2) is 42.5 Å². The molecule has 1 heterocycles. The molecule has 0 aliphatic carbocycles. The van der Waals surface area contributed by atoms with Gasteiger partial charge in [0.25, 0.3) is 5.91 Å². The monoisotopic (exact) mass is 497 g/mol. The van der Waals surface area contributed by atoms with Gasteiger partial charge in [-0.3, -0.25) is 14.4 Å². The van der Waals surface area contributed by atoms with Crippen molar-refractivity contribution in [3.63, 3.8) is 0 Å². The van der Waals surface area contributed by atoms with Crippen LogP contribution >= 0.6 is 0 Å². The summed E-state index contributed by atoms with van der Waals surface area (Å²) in [5.41, 5.74) is 2.48. The van der Waals surface area contributed by atoms with E-state index < -0.39 is 48.7 Å². The van der Waals surface area contributed by atoms with Crippen molar-refractivity contribution in [2.24, 2.45) is 0 Å². The van der Waals surface area contributed by atoms with Crippen molar-refractivity contribution in [1.82, 2.24) is 10.2 Å². The number of carbonyl (C=O) groups excluding carboxylic acids is 4. The molecule has 1 aliphatic rings. The van der Waals surface area contributed by atoms with Gasteiger partial charge in [-0.25, -0.2) is 4.79 Å². The maximum atomic E-state index is 13.2. The van der Waals surface area contributed by atoms with Crippen LogP contribution in [-0.2, 0) is 25.7 Å². The molecule has 3 amide bonds. The molecular weight excluding hydrogens is 466 g/mol. The molecule has 192 valence electrons. The van der Waals surface area contributed by atoms with Crippen molar-refractivity contribution < 1.29 is 34.1 Å². The Morgan fingerprint density at radius 3 is 2.22 bits per heavy atom. The molecule has 2 aromatic rings. The zero-order valence-corrected chi connectivity index (χ0v) is 20.7. The number of amides is 3. The Bertz CT molecular complexity index is 1160. The molecule has 0 spiro atoms. The van der Waals surface area contributed by atoms with Crippen molar-refractivity contribution >= 4 is 29.4 Å². The fourth-order valence-electron chi connectivity index (χ4n) is 3.96. The second-order valence-electron chi connectivity index (χ2n) is 9.50. The van der Waals surface area contributed by atoms with Gasteiger partial charge in [0.15, 0.2) is 6.04 Å². The predicted octanol–water partition coefficient (Wildman–Crippen LogP) is 1.45. The van der Waals surface area contributed by atoms with E-state index in [-0.39, 0.29) is 12.5 Å². The van der Waals surface area contributed by atoms with E-state index in [0.717, 1.165) is 11.1 Å². The molecule has 10 heteroatoms. The number of nitrogens with one attached hydrogen (secondary N) is 2. The van der Waals surface area contributed by atoms with E-state index in [0.29, 0.717) is 16.8 Å². The molecule has 0 saturated carbocycles. The molecule has 36 heavy (non-hydrogen) atoms. The molecule has 4 N–H and O–H groups in total. The third-order valence-electron chi connectivity index (χ3n) is 5.55. The quantitative estimate of drug-likeness (QED) is 0.404. The van der Waals surface area contributed by atoms with Crippen molar-refractivity contribution in [2.45, 2.75) is 51.9 Å². The normalized spacial score (nSPS) is 14.6. The highest BCUT2D eigenvalue weighted by molar-refractivity contribution is 6.03. The van der Waals surface area contributed by atoms with Crippen molar-refractivity contribution in [3.8, 4) is 11.1 Å². The molecule has 3 rings (SSSR count). The summed E-state index contributed by atoms with van der Waals surface area (Å²) in [5.74, 6) is -2.23. The number of aliphatic hydroxyl groups is 2. The van der Waals surface area contributed by atoms with Gasteiger partial charge in [0, 0.05) is 24.7 Å². The molecule has 0 radical (unpaired) electrons. The summed E-state index contributed by atoms with van der Waals surface area (Å²) in [6, 6.07) is 9.74. The number of carbonyl (C=O) groups is 4. The zero-order chi connectivity index (χ0) is 26.6. The lowest BCUT2D eigenvalue weighted by Crippen LogP contribution is -2.55. The van der Waals surface area contributed by atoms with Gasteiger partial charge in [-0.05, 0) is 55.7 Å². The number of esters is 1. The third-order valence-corrected chi connectivity index (χ3v) is 5.55. The minimum absolute atomic E-state index is 0.0622. The second kappa shape index (κ2) is 10.9. The molecule has 0 saturated heterocycles. The maximum Gasteiger partial charge on any atom is 0.331 e. The highest BCUT2D eigenvalue weighted by atomic mass is 16.6. The highest BCUT2D eigenvalue weighted by Gasteiger charge is 2.38. The fourth-order valence-corrected chi connectivity index (χ4v) is 3.96. The van der Waals surface area contributed by atoms with Gasteiger partial charge in [-0.2, -0.15) is 0 Å². The van der Waals surface area contributed by atoms with E-state index in [1.807, 2.05) is 18.2 Å². The Hall–Kier alpha value is -3.76. The van der Waals surface area contributed by atoms with E-state index in [9.17, 15) is 29.4 Å². The van der Waals surface area contributed by atoms with E-state index in [1.54, 1.807) is 45.0 Å². The fraction of sp³-hybridized carbons (Fsp3) is 0.385. The summed E-state index contributed by atoms with van der Waals surface area (Å²) in [5, 5.41) is 24.7. The molecule has 1 aliphatic heterocycles. The molecule has 10 nitrogen and oxygen atoms in total. The number of aliphatic hydroxyl groups excluding tert-OH is 2. The molecule has 0 unspecified atom stereocenters. The third kappa shape index (κ3) is 6.07. The first-order valence-corrected chi connectivity index (χ1v) is 11.5. The standard InChI is InChI=1S/C26H31N3O7/c1-15(32)27-17-10-8-16(9-11-17)18-6-5-7-19-20(18)12-29(24(19)34)22(14-31)23(33)28-21(13-30)25(35)36-26(2,3)4/h5-11,21-22,30-31H,12-14H2,1-4H3,(H,27,32)(H,28,33)/t21-,22-/m0/s1. The minimum atomic E-state index is -1.34. The Morgan fingerprint density at radius 2 is 1.67 bits per heavy atom. The van der Waals surface area contributed by atoms with Crippen molar-refractivity contribution in [2.75, 3.05) is 18.5 Å². The summed E-state index contributed by atoms with van der Waals surface area (Å²) >= 11 is 0. The Kier molecular flexibility index (Phi) is 8.11. The number of rotatable bonds is 8. The first-order chi connectivity index (χ1) is 16.9. The van der Waals surface area contributed by atoms with Crippen LogP contribution in [0.2, 0.25) is 0 Å². The van der Waals surface area contributed by atoms with Gasteiger partial charge in [-0.15, -0.1) is 0 Å².